The molecule has 1 fully saturated rings. The van der Waals surface area contributed by atoms with E-state index in [1.807, 2.05) is 37.1 Å². The molecule has 104 valence electrons. The molecule has 0 bridgehead atoms. The van der Waals surface area contributed by atoms with Gasteiger partial charge in [0.25, 0.3) is 5.91 Å². The molecule has 1 aromatic rings. The molecular formula is C15H21BrN2O. The topological polar surface area (TPSA) is 32.3 Å². The first-order valence-corrected chi connectivity index (χ1v) is 7.61. The lowest BCUT2D eigenvalue weighted by atomic mass is 9.97. The molecule has 1 aromatic carbocycles. The SMILES string of the molecule is CNCC1CCCN(C(=O)c2cccc(Br)c2C)C1. The van der Waals surface area contributed by atoms with Crippen molar-refractivity contribution in [3.63, 3.8) is 0 Å². The molecule has 3 nitrogen and oxygen atoms in total. The Morgan fingerprint density at radius 2 is 2.32 bits per heavy atom. The summed E-state index contributed by atoms with van der Waals surface area (Å²) in [5.74, 6) is 0.745. The quantitative estimate of drug-likeness (QED) is 0.927. The number of carbonyl (C=O) groups is 1. The van der Waals surface area contributed by atoms with Crippen LogP contribution in [-0.2, 0) is 0 Å². The van der Waals surface area contributed by atoms with E-state index in [1.54, 1.807) is 0 Å². The average Bonchev–Trinajstić information content (AvgIpc) is 2.42. The number of halogens is 1. The van der Waals surface area contributed by atoms with Crippen molar-refractivity contribution in [3.05, 3.63) is 33.8 Å². The van der Waals surface area contributed by atoms with Crippen molar-refractivity contribution in [3.8, 4) is 0 Å². The number of nitrogens with one attached hydrogen (secondary N) is 1. The fourth-order valence-electron chi connectivity index (χ4n) is 2.71. The minimum Gasteiger partial charge on any atom is -0.338 e. The largest absolute Gasteiger partial charge is 0.338 e. The van der Waals surface area contributed by atoms with Gasteiger partial charge in [0.2, 0.25) is 0 Å². The lowest BCUT2D eigenvalue weighted by Crippen LogP contribution is -2.42. The van der Waals surface area contributed by atoms with Crippen LogP contribution >= 0.6 is 15.9 Å². The maximum Gasteiger partial charge on any atom is 0.254 e. The van der Waals surface area contributed by atoms with Crippen molar-refractivity contribution in [2.45, 2.75) is 19.8 Å². The van der Waals surface area contributed by atoms with E-state index < -0.39 is 0 Å². The zero-order chi connectivity index (χ0) is 13.8. The summed E-state index contributed by atoms with van der Waals surface area (Å²) < 4.78 is 1.00. The molecule has 0 aromatic heterocycles. The Bertz CT molecular complexity index is 459. The monoisotopic (exact) mass is 324 g/mol. The number of hydrogen-bond donors (Lipinski definition) is 1. The second-order valence-electron chi connectivity index (χ2n) is 5.23. The van der Waals surface area contributed by atoms with Gasteiger partial charge in [-0.05, 0) is 57.0 Å². The summed E-state index contributed by atoms with van der Waals surface area (Å²) in [6.45, 7) is 4.73. The van der Waals surface area contributed by atoms with Crippen molar-refractivity contribution in [1.29, 1.82) is 0 Å². The van der Waals surface area contributed by atoms with Gasteiger partial charge in [0.15, 0.2) is 0 Å². The van der Waals surface area contributed by atoms with Gasteiger partial charge in [0.1, 0.15) is 0 Å². The maximum atomic E-state index is 12.6. The lowest BCUT2D eigenvalue weighted by molar-refractivity contribution is 0.0673. The first kappa shape index (κ1) is 14.5. The number of benzene rings is 1. The summed E-state index contributed by atoms with van der Waals surface area (Å²) in [5, 5.41) is 3.21. The molecule has 0 spiro atoms. The molecule has 1 heterocycles. The highest BCUT2D eigenvalue weighted by molar-refractivity contribution is 9.10. The standard InChI is InChI=1S/C15H21BrN2O/c1-11-13(6-3-7-14(11)16)15(19)18-8-4-5-12(10-18)9-17-2/h3,6-7,12,17H,4-5,8-10H2,1-2H3. The summed E-state index contributed by atoms with van der Waals surface area (Å²) >= 11 is 3.49. The van der Waals surface area contributed by atoms with E-state index in [-0.39, 0.29) is 5.91 Å². The predicted molar refractivity (Wildman–Crippen MR) is 81.4 cm³/mol. The van der Waals surface area contributed by atoms with E-state index in [1.165, 1.54) is 6.42 Å². The van der Waals surface area contributed by atoms with Crippen LogP contribution in [-0.4, -0.2) is 37.5 Å². The van der Waals surface area contributed by atoms with Gasteiger partial charge in [0, 0.05) is 23.1 Å². The fraction of sp³-hybridized carbons (Fsp3) is 0.533. The van der Waals surface area contributed by atoms with Gasteiger partial charge in [-0.3, -0.25) is 4.79 Å². The molecule has 19 heavy (non-hydrogen) atoms. The van der Waals surface area contributed by atoms with Gasteiger partial charge < -0.3 is 10.2 Å². The van der Waals surface area contributed by atoms with Crippen LogP contribution in [0.4, 0.5) is 0 Å². The van der Waals surface area contributed by atoms with Crippen LogP contribution in [0.1, 0.15) is 28.8 Å². The number of piperidine rings is 1. The Morgan fingerprint density at radius 3 is 3.05 bits per heavy atom. The molecule has 0 radical (unpaired) electrons. The van der Waals surface area contributed by atoms with Crippen LogP contribution in [0.5, 0.6) is 0 Å². The van der Waals surface area contributed by atoms with Crippen molar-refractivity contribution in [2.75, 3.05) is 26.7 Å². The molecule has 1 aliphatic heterocycles. The van der Waals surface area contributed by atoms with Crippen molar-refractivity contribution >= 4 is 21.8 Å². The van der Waals surface area contributed by atoms with E-state index in [0.717, 1.165) is 41.7 Å². The highest BCUT2D eigenvalue weighted by Crippen LogP contribution is 2.23. The molecule has 1 aliphatic rings. The number of likely N-dealkylation sites (tertiary alicyclic amines) is 1. The van der Waals surface area contributed by atoms with Gasteiger partial charge in [0.05, 0.1) is 0 Å². The minimum atomic E-state index is 0.166. The van der Waals surface area contributed by atoms with Gasteiger partial charge in [-0.2, -0.15) is 0 Å². The lowest BCUT2D eigenvalue weighted by Gasteiger charge is -2.33. The zero-order valence-electron chi connectivity index (χ0n) is 11.6. The normalized spacial score (nSPS) is 19.5. The summed E-state index contributed by atoms with van der Waals surface area (Å²) in [5.41, 5.74) is 1.85. The van der Waals surface area contributed by atoms with Crippen LogP contribution in [0, 0.1) is 12.8 Å². The van der Waals surface area contributed by atoms with Crippen LogP contribution in [0.2, 0.25) is 0 Å². The summed E-state index contributed by atoms with van der Waals surface area (Å²) in [6.07, 6.45) is 2.31. The number of amides is 1. The molecule has 1 atom stereocenters. The molecule has 1 saturated heterocycles. The van der Waals surface area contributed by atoms with Crippen LogP contribution in [0.15, 0.2) is 22.7 Å². The van der Waals surface area contributed by atoms with Crippen molar-refractivity contribution < 1.29 is 4.79 Å². The van der Waals surface area contributed by atoms with E-state index in [2.05, 4.69) is 21.2 Å². The number of carbonyl (C=O) groups excluding carboxylic acids is 1. The summed E-state index contributed by atoms with van der Waals surface area (Å²) in [6, 6.07) is 5.83. The first-order valence-electron chi connectivity index (χ1n) is 6.82. The first-order chi connectivity index (χ1) is 9.13. The van der Waals surface area contributed by atoms with Gasteiger partial charge in [-0.15, -0.1) is 0 Å². The van der Waals surface area contributed by atoms with Gasteiger partial charge >= 0.3 is 0 Å². The Kier molecular flexibility index (Phi) is 4.99. The number of rotatable bonds is 3. The van der Waals surface area contributed by atoms with Crippen LogP contribution < -0.4 is 5.32 Å². The summed E-state index contributed by atoms with van der Waals surface area (Å²) in [7, 11) is 1.97. The second kappa shape index (κ2) is 6.53. The van der Waals surface area contributed by atoms with Crippen molar-refractivity contribution in [1.82, 2.24) is 10.2 Å². The van der Waals surface area contributed by atoms with E-state index >= 15 is 0 Å². The molecule has 1 N–H and O–H groups in total. The van der Waals surface area contributed by atoms with E-state index in [4.69, 9.17) is 0 Å². The van der Waals surface area contributed by atoms with Gasteiger partial charge in [-0.25, -0.2) is 0 Å². The number of nitrogens with zero attached hydrogens (tertiary/aromatic N) is 1. The third kappa shape index (κ3) is 3.37. The molecule has 2 rings (SSSR count). The van der Waals surface area contributed by atoms with E-state index in [0.29, 0.717) is 5.92 Å². The smallest absolute Gasteiger partial charge is 0.254 e. The molecular weight excluding hydrogens is 304 g/mol. The fourth-order valence-corrected chi connectivity index (χ4v) is 3.08. The molecule has 0 saturated carbocycles. The number of hydrogen-bond acceptors (Lipinski definition) is 2. The van der Waals surface area contributed by atoms with Crippen LogP contribution in [0.3, 0.4) is 0 Å². The average molecular weight is 325 g/mol. The van der Waals surface area contributed by atoms with Crippen molar-refractivity contribution in [2.24, 2.45) is 5.92 Å². The maximum absolute atomic E-state index is 12.6. The zero-order valence-corrected chi connectivity index (χ0v) is 13.2. The Hall–Kier alpha value is -0.870. The highest BCUT2D eigenvalue weighted by atomic mass is 79.9. The Balaban J connectivity index is 2.12. The third-order valence-electron chi connectivity index (χ3n) is 3.80. The second-order valence-corrected chi connectivity index (χ2v) is 6.08. The molecule has 0 aliphatic carbocycles. The minimum absolute atomic E-state index is 0.166. The third-order valence-corrected chi connectivity index (χ3v) is 4.66. The van der Waals surface area contributed by atoms with Crippen LogP contribution in [0.25, 0.3) is 0 Å². The molecule has 4 heteroatoms. The molecule has 1 amide bonds. The Morgan fingerprint density at radius 1 is 1.53 bits per heavy atom. The molecule has 1 unspecified atom stereocenters. The van der Waals surface area contributed by atoms with E-state index in [9.17, 15) is 4.79 Å². The summed E-state index contributed by atoms with van der Waals surface area (Å²) in [4.78, 5) is 14.6. The Labute approximate surface area is 123 Å². The van der Waals surface area contributed by atoms with Gasteiger partial charge in [-0.1, -0.05) is 22.0 Å². The highest BCUT2D eigenvalue weighted by Gasteiger charge is 2.25. The predicted octanol–water partition coefficient (Wildman–Crippen LogP) is 2.83.